The van der Waals surface area contributed by atoms with Crippen molar-refractivity contribution in [1.29, 1.82) is 0 Å². The van der Waals surface area contributed by atoms with Crippen molar-refractivity contribution in [3.05, 3.63) is 40.6 Å². The number of phenolic OH excluding ortho intramolecular Hbond substituents is 2. The first-order valence-corrected chi connectivity index (χ1v) is 7.18. The predicted octanol–water partition coefficient (Wildman–Crippen LogP) is -2.74. The van der Waals surface area contributed by atoms with Gasteiger partial charge in [-0.15, -0.1) is 0 Å². The van der Waals surface area contributed by atoms with Gasteiger partial charge >= 0.3 is 103 Å². The van der Waals surface area contributed by atoms with Crippen LogP contribution in [0.3, 0.4) is 0 Å². The molecule has 2 aromatic carbocycles. The molecule has 0 radical (unpaired) electrons. The maximum atomic E-state index is 12.3. The van der Waals surface area contributed by atoms with E-state index in [-0.39, 0.29) is 145 Å². The number of phenols is 2. The Balaban J connectivity index is 0. The van der Waals surface area contributed by atoms with Crippen LogP contribution in [0.15, 0.2) is 39.5 Å². The second-order valence-corrected chi connectivity index (χ2v) is 5.15. The summed E-state index contributed by atoms with van der Waals surface area (Å²) in [6, 6.07) is 6.56. The second-order valence-electron chi connectivity index (χ2n) is 4.79. The van der Waals surface area contributed by atoms with Crippen molar-refractivity contribution in [2.75, 3.05) is 0 Å². The summed E-state index contributed by atoms with van der Waals surface area (Å²) >= 11 is 7.21. The van der Waals surface area contributed by atoms with Crippen molar-refractivity contribution in [1.82, 2.24) is 0 Å². The molecule has 1 heterocycles. The van der Waals surface area contributed by atoms with Crippen LogP contribution in [0.2, 0.25) is 0 Å². The molecule has 0 saturated heterocycles. The van der Waals surface area contributed by atoms with Crippen LogP contribution < -0.4 is 117 Å². The van der Waals surface area contributed by atoms with Crippen LogP contribution in [0.25, 0.3) is 22.3 Å². The molecular formula is C15H12K2O7S2. The summed E-state index contributed by atoms with van der Waals surface area (Å²) in [4.78, 5) is 12.3. The Labute approximate surface area is 246 Å². The molecule has 26 heavy (non-hydrogen) atoms. The van der Waals surface area contributed by atoms with E-state index in [1.54, 1.807) is 0 Å². The number of hydrogen-bond acceptors (Lipinski definition) is 9. The molecule has 3 N–H and O–H groups in total. The minimum Gasteiger partial charge on any atom is -1.00 e. The number of thiol groups is 2. The van der Waals surface area contributed by atoms with Crippen molar-refractivity contribution in [3.8, 4) is 40.1 Å². The summed E-state index contributed by atoms with van der Waals surface area (Å²) in [5.74, 6) is -1.35. The minimum atomic E-state index is -0.830. The molecule has 0 saturated carbocycles. The Morgan fingerprint density at radius 1 is 0.962 bits per heavy atom. The molecule has 0 amide bonds. The van der Waals surface area contributed by atoms with Crippen LogP contribution >= 0.6 is 25.8 Å². The van der Waals surface area contributed by atoms with Crippen molar-refractivity contribution >= 4 is 36.8 Å². The van der Waals surface area contributed by atoms with Gasteiger partial charge in [0, 0.05) is 43.5 Å². The molecule has 128 valence electrons. The Kier molecular flexibility index (Phi) is 9.88. The molecule has 0 spiro atoms. The summed E-state index contributed by atoms with van der Waals surface area (Å²) in [5.41, 5.74) is -0.635. The summed E-state index contributed by atoms with van der Waals surface area (Å²) in [6.07, 6.45) is 0. The number of benzene rings is 2. The summed E-state index contributed by atoms with van der Waals surface area (Å²) < 4.78 is 14.9. The van der Waals surface area contributed by atoms with E-state index in [0.717, 1.165) is 6.07 Å². The molecule has 3 aromatic rings. The van der Waals surface area contributed by atoms with Crippen LogP contribution in [-0.2, 0) is 0 Å². The molecule has 0 atom stereocenters. The molecule has 1 aromatic heterocycles. The number of fused-ring (bicyclic) bond motifs is 1. The Hall–Kier alpha value is 0.623. The zero-order valence-corrected chi connectivity index (χ0v) is 21.8. The normalized spacial score (nSPS) is 9.92. The van der Waals surface area contributed by atoms with E-state index >= 15 is 0 Å². The quantitative estimate of drug-likeness (QED) is 0.169. The average molecular weight is 447 g/mol. The average Bonchev–Trinajstić information content (AvgIpc) is 2.57. The van der Waals surface area contributed by atoms with E-state index in [1.165, 1.54) is 24.3 Å². The smallest absolute Gasteiger partial charge is 1.00 e. The van der Waals surface area contributed by atoms with Gasteiger partial charge in [-0.2, -0.15) is 0 Å². The summed E-state index contributed by atoms with van der Waals surface area (Å²) in [6.45, 7) is 0. The minimum absolute atomic E-state index is 0. The largest absolute Gasteiger partial charge is 1.00 e. The molecule has 0 bridgehead atoms. The predicted molar refractivity (Wildman–Crippen MR) is 94.4 cm³/mol. The molecule has 7 nitrogen and oxygen atoms in total. The van der Waals surface area contributed by atoms with Crippen molar-refractivity contribution < 1.29 is 134 Å². The van der Waals surface area contributed by atoms with Gasteiger partial charge in [-0.25, -0.2) is 0 Å². The zero-order chi connectivity index (χ0) is 17.4. The first-order chi connectivity index (χ1) is 11.5. The Bertz CT molecular complexity index is 1020. The van der Waals surface area contributed by atoms with Crippen molar-refractivity contribution in [3.63, 3.8) is 0 Å². The second kappa shape index (κ2) is 10.4. The van der Waals surface area contributed by atoms with Crippen LogP contribution in [0.5, 0.6) is 28.7 Å². The van der Waals surface area contributed by atoms with Gasteiger partial charge in [0.1, 0.15) is 22.5 Å². The Morgan fingerprint density at radius 2 is 1.65 bits per heavy atom. The van der Waals surface area contributed by atoms with Gasteiger partial charge in [-0.3, -0.25) is 4.79 Å². The van der Waals surface area contributed by atoms with E-state index in [1.807, 2.05) is 0 Å². The summed E-state index contributed by atoms with van der Waals surface area (Å²) in [7, 11) is 0. The molecule has 0 aliphatic heterocycles. The molecule has 3 rings (SSSR count). The van der Waals surface area contributed by atoms with Crippen LogP contribution in [-0.4, -0.2) is 15.3 Å². The maximum Gasteiger partial charge on any atom is 1.00 e. The topological polar surface area (TPSA) is 109 Å². The van der Waals surface area contributed by atoms with E-state index in [0.29, 0.717) is 0 Å². The van der Waals surface area contributed by atoms with E-state index in [9.17, 15) is 20.1 Å². The van der Waals surface area contributed by atoms with Gasteiger partial charge in [0.15, 0.2) is 17.3 Å². The van der Waals surface area contributed by atoms with Gasteiger partial charge in [-0.05, 0) is 18.2 Å². The third kappa shape index (κ3) is 4.78. The number of aromatic hydroxyl groups is 3. The SMILES string of the molecule is O=c1c(O)c(-c2ccc(OS)c(O)c2)oc2cc(OS)cc(O)c12.[H-].[H-].[K+].[K+]. The fourth-order valence-corrected chi connectivity index (χ4v) is 2.51. The standard InChI is InChI=1S/C15H10O7S2.2K.2H/c16-8-3-6(1-2-10(8)22-24)15-14(19)13(18)12-9(17)4-7(21-23)5-11(12)20-15;;;;/h1-5,16-17,19,23-24H;;;;/q;2*+1;2*-1. The number of hydrogen-bond donors (Lipinski definition) is 5. The van der Waals surface area contributed by atoms with Gasteiger partial charge in [0.25, 0.3) is 0 Å². The van der Waals surface area contributed by atoms with Crippen molar-refractivity contribution in [2.45, 2.75) is 0 Å². The van der Waals surface area contributed by atoms with Crippen LogP contribution in [0.1, 0.15) is 2.85 Å². The van der Waals surface area contributed by atoms with Gasteiger partial charge < -0.3 is 31.0 Å². The third-order valence-corrected chi connectivity index (χ3v) is 3.76. The molecule has 0 aliphatic rings. The molecule has 0 unspecified atom stereocenters. The molecule has 11 heteroatoms. The summed E-state index contributed by atoms with van der Waals surface area (Å²) in [5, 5.41) is 29.6. The monoisotopic (exact) mass is 446 g/mol. The maximum absolute atomic E-state index is 12.3. The van der Waals surface area contributed by atoms with Gasteiger partial charge in [0.2, 0.25) is 11.2 Å². The number of rotatable bonds is 3. The van der Waals surface area contributed by atoms with Crippen LogP contribution in [0, 0.1) is 0 Å². The zero-order valence-electron chi connectivity index (χ0n) is 15.8. The fourth-order valence-electron chi connectivity index (χ4n) is 2.25. The van der Waals surface area contributed by atoms with E-state index < -0.39 is 16.9 Å². The fraction of sp³-hybridized carbons (Fsp3) is 0. The van der Waals surface area contributed by atoms with Crippen LogP contribution in [0.4, 0.5) is 0 Å². The van der Waals surface area contributed by atoms with Gasteiger partial charge in [-0.1, -0.05) is 0 Å². The Morgan fingerprint density at radius 3 is 2.23 bits per heavy atom. The van der Waals surface area contributed by atoms with Gasteiger partial charge in [0.05, 0.1) is 0 Å². The molecular weight excluding hydrogens is 434 g/mol. The van der Waals surface area contributed by atoms with Crippen molar-refractivity contribution in [2.24, 2.45) is 0 Å². The first-order valence-electron chi connectivity index (χ1n) is 6.45. The molecule has 0 aliphatic carbocycles. The third-order valence-electron chi connectivity index (χ3n) is 3.35. The van der Waals surface area contributed by atoms with E-state index in [2.05, 4.69) is 30.0 Å². The molecule has 0 fully saturated rings. The first kappa shape index (κ1) is 24.7. The van der Waals surface area contributed by atoms with E-state index in [4.69, 9.17) is 8.60 Å².